The molecule has 0 fully saturated rings. The maximum atomic E-state index is 11.9. The summed E-state index contributed by atoms with van der Waals surface area (Å²) in [5.41, 5.74) is 2.03. The van der Waals surface area contributed by atoms with Gasteiger partial charge in [0.25, 0.3) is 0 Å². The molecule has 0 saturated carbocycles. The standard InChI is InChI=1S/C18H20N2O3/c21-18(12-19-10-4-7-14-5-2-1-3-6-14)20-15-8-9-16-17(11-15)23-13-22-16/h1-3,5-6,8-9,11,19H,4,7,10,12-13H2,(H,20,21). The maximum Gasteiger partial charge on any atom is 0.238 e. The van der Waals surface area contributed by atoms with E-state index in [4.69, 9.17) is 9.47 Å². The van der Waals surface area contributed by atoms with Crippen molar-refractivity contribution in [2.45, 2.75) is 12.8 Å². The summed E-state index contributed by atoms with van der Waals surface area (Å²) < 4.78 is 10.5. The molecule has 3 rings (SSSR count). The van der Waals surface area contributed by atoms with E-state index >= 15 is 0 Å². The lowest BCUT2D eigenvalue weighted by atomic mass is 10.1. The second-order valence-electron chi connectivity index (χ2n) is 5.38. The molecule has 120 valence electrons. The second kappa shape index (κ2) is 7.65. The second-order valence-corrected chi connectivity index (χ2v) is 5.38. The molecule has 1 amide bonds. The van der Waals surface area contributed by atoms with Gasteiger partial charge in [-0.1, -0.05) is 30.3 Å². The van der Waals surface area contributed by atoms with Crippen molar-refractivity contribution < 1.29 is 14.3 Å². The fraction of sp³-hybridized carbons (Fsp3) is 0.278. The fourth-order valence-electron chi connectivity index (χ4n) is 2.44. The summed E-state index contributed by atoms with van der Waals surface area (Å²) in [5, 5.41) is 6.00. The highest BCUT2D eigenvalue weighted by Crippen LogP contribution is 2.34. The summed E-state index contributed by atoms with van der Waals surface area (Å²) >= 11 is 0. The highest BCUT2D eigenvalue weighted by atomic mass is 16.7. The molecule has 5 nitrogen and oxygen atoms in total. The van der Waals surface area contributed by atoms with Gasteiger partial charge in [-0.25, -0.2) is 0 Å². The Morgan fingerprint density at radius 3 is 2.74 bits per heavy atom. The predicted molar refractivity (Wildman–Crippen MR) is 88.8 cm³/mol. The molecule has 0 saturated heterocycles. The molecule has 0 aromatic heterocycles. The summed E-state index contributed by atoms with van der Waals surface area (Å²) in [6.45, 7) is 1.34. The third-order valence-electron chi connectivity index (χ3n) is 3.60. The van der Waals surface area contributed by atoms with Gasteiger partial charge in [-0.2, -0.15) is 0 Å². The van der Waals surface area contributed by atoms with Crippen molar-refractivity contribution in [2.24, 2.45) is 0 Å². The molecule has 1 aliphatic heterocycles. The van der Waals surface area contributed by atoms with E-state index < -0.39 is 0 Å². The molecular weight excluding hydrogens is 292 g/mol. The number of nitrogens with one attached hydrogen (secondary N) is 2. The van der Waals surface area contributed by atoms with Gasteiger partial charge >= 0.3 is 0 Å². The van der Waals surface area contributed by atoms with Crippen LogP contribution in [0.15, 0.2) is 48.5 Å². The number of fused-ring (bicyclic) bond motifs is 1. The van der Waals surface area contributed by atoms with Crippen molar-refractivity contribution in [3.63, 3.8) is 0 Å². The van der Waals surface area contributed by atoms with Gasteiger partial charge in [0.15, 0.2) is 11.5 Å². The van der Waals surface area contributed by atoms with Gasteiger partial charge in [0.1, 0.15) is 0 Å². The van der Waals surface area contributed by atoms with Crippen LogP contribution >= 0.6 is 0 Å². The number of amides is 1. The molecule has 0 radical (unpaired) electrons. The summed E-state index contributed by atoms with van der Waals surface area (Å²) in [5.74, 6) is 1.31. The van der Waals surface area contributed by atoms with E-state index in [0.29, 0.717) is 23.7 Å². The van der Waals surface area contributed by atoms with Crippen LogP contribution in [-0.2, 0) is 11.2 Å². The van der Waals surface area contributed by atoms with E-state index in [9.17, 15) is 4.79 Å². The topological polar surface area (TPSA) is 59.6 Å². The lowest BCUT2D eigenvalue weighted by molar-refractivity contribution is -0.115. The van der Waals surface area contributed by atoms with Crippen molar-refractivity contribution in [1.29, 1.82) is 0 Å². The molecule has 1 aliphatic rings. The molecule has 23 heavy (non-hydrogen) atoms. The molecular formula is C18H20N2O3. The van der Waals surface area contributed by atoms with Gasteiger partial charge in [0.05, 0.1) is 6.54 Å². The van der Waals surface area contributed by atoms with E-state index in [-0.39, 0.29) is 12.7 Å². The van der Waals surface area contributed by atoms with Crippen LogP contribution in [0.2, 0.25) is 0 Å². The minimum absolute atomic E-state index is 0.0661. The van der Waals surface area contributed by atoms with Crippen molar-refractivity contribution in [3.8, 4) is 11.5 Å². The van der Waals surface area contributed by atoms with Gasteiger partial charge in [-0.3, -0.25) is 4.79 Å². The van der Waals surface area contributed by atoms with E-state index in [1.165, 1.54) is 5.56 Å². The quantitative estimate of drug-likeness (QED) is 0.772. The first-order chi connectivity index (χ1) is 11.3. The van der Waals surface area contributed by atoms with Crippen LogP contribution in [0.4, 0.5) is 5.69 Å². The Morgan fingerprint density at radius 2 is 1.87 bits per heavy atom. The van der Waals surface area contributed by atoms with E-state index in [2.05, 4.69) is 22.8 Å². The van der Waals surface area contributed by atoms with Crippen molar-refractivity contribution in [2.75, 3.05) is 25.2 Å². The van der Waals surface area contributed by atoms with Crippen LogP contribution < -0.4 is 20.1 Å². The molecule has 5 heteroatoms. The number of hydrogen-bond acceptors (Lipinski definition) is 4. The molecule has 0 aliphatic carbocycles. The zero-order valence-corrected chi connectivity index (χ0v) is 12.9. The van der Waals surface area contributed by atoms with Crippen LogP contribution in [-0.4, -0.2) is 25.8 Å². The predicted octanol–water partition coefficient (Wildman–Crippen LogP) is 2.58. The Morgan fingerprint density at radius 1 is 1.04 bits per heavy atom. The third-order valence-corrected chi connectivity index (χ3v) is 3.60. The lowest BCUT2D eigenvalue weighted by Crippen LogP contribution is -2.28. The molecule has 0 bridgehead atoms. The van der Waals surface area contributed by atoms with Gasteiger partial charge in [0, 0.05) is 11.8 Å². The number of hydrogen-bond donors (Lipinski definition) is 2. The summed E-state index contributed by atoms with van der Waals surface area (Å²) in [7, 11) is 0. The summed E-state index contributed by atoms with van der Waals surface area (Å²) in [6, 6.07) is 15.7. The number of anilines is 1. The molecule has 0 atom stereocenters. The van der Waals surface area contributed by atoms with Crippen LogP contribution in [0.5, 0.6) is 11.5 Å². The fourth-order valence-corrected chi connectivity index (χ4v) is 2.44. The largest absolute Gasteiger partial charge is 0.454 e. The normalized spacial score (nSPS) is 12.2. The monoisotopic (exact) mass is 312 g/mol. The zero-order chi connectivity index (χ0) is 15.9. The molecule has 2 N–H and O–H groups in total. The summed E-state index contributed by atoms with van der Waals surface area (Å²) in [4.78, 5) is 11.9. The van der Waals surface area contributed by atoms with Crippen LogP contribution in [0.3, 0.4) is 0 Å². The average Bonchev–Trinajstić information content (AvgIpc) is 3.03. The SMILES string of the molecule is O=C(CNCCCc1ccccc1)Nc1ccc2c(c1)OCO2. The lowest BCUT2D eigenvalue weighted by Gasteiger charge is -2.07. The first kappa shape index (κ1) is 15.4. The minimum Gasteiger partial charge on any atom is -0.454 e. The van der Waals surface area contributed by atoms with Crippen molar-refractivity contribution >= 4 is 11.6 Å². The van der Waals surface area contributed by atoms with E-state index in [0.717, 1.165) is 19.4 Å². The number of benzene rings is 2. The Kier molecular flexibility index (Phi) is 5.11. The third kappa shape index (κ3) is 4.47. The first-order valence-electron chi connectivity index (χ1n) is 7.75. The van der Waals surface area contributed by atoms with Crippen LogP contribution in [0.1, 0.15) is 12.0 Å². The Bertz CT molecular complexity index is 659. The summed E-state index contributed by atoms with van der Waals surface area (Å²) in [6.07, 6.45) is 2.01. The van der Waals surface area contributed by atoms with Crippen molar-refractivity contribution in [3.05, 3.63) is 54.1 Å². The Balaban J connectivity index is 1.35. The van der Waals surface area contributed by atoms with E-state index in [1.54, 1.807) is 18.2 Å². The molecule has 2 aromatic carbocycles. The number of carbonyl (C=O) groups is 1. The van der Waals surface area contributed by atoms with Crippen LogP contribution in [0, 0.1) is 0 Å². The van der Waals surface area contributed by atoms with E-state index in [1.807, 2.05) is 18.2 Å². The number of ether oxygens (including phenoxy) is 2. The number of aryl methyl sites for hydroxylation is 1. The molecule has 2 aromatic rings. The Labute approximate surface area is 135 Å². The van der Waals surface area contributed by atoms with Crippen LogP contribution in [0.25, 0.3) is 0 Å². The van der Waals surface area contributed by atoms with Gasteiger partial charge in [0.2, 0.25) is 12.7 Å². The number of carbonyl (C=O) groups excluding carboxylic acids is 1. The highest BCUT2D eigenvalue weighted by molar-refractivity contribution is 5.92. The molecule has 0 spiro atoms. The first-order valence-corrected chi connectivity index (χ1v) is 7.75. The number of rotatable bonds is 7. The molecule has 0 unspecified atom stereocenters. The van der Waals surface area contributed by atoms with Crippen molar-refractivity contribution in [1.82, 2.24) is 5.32 Å². The average molecular weight is 312 g/mol. The maximum absolute atomic E-state index is 11.9. The van der Waals surface area contributed by atoms with Gasteiger partial charge < -0.3 is 20.1 Å². The van der Waals surface area contributed by atoms with Gasteiger partial charge in [-0.15, -0.1) is 0 Å². The Hall–Kier alpha value is -2.53. The highest BCUT2D eigenvalue weighted by Gasteiger charge is 2.13. The zero-order valence-electron chi connectivity index (χ0n) is 12.9. The smallest absolute Gasteiger partial charge is 0.238 e. The van der Waals surface area contributed by atoms with Gasteiger partial charge in [-0.05, 0) is 37.1 Å². The minimum atomic E-state index is -0.0661. The molecule has 1 heterocycles.